The Kier molecular flexibility index (Phi) is 5.37. The van der Waals surface area contributed by atoms with E-state index in [1.807, 2.05) is 17.1 Å². The van der Waals surface area contributed by atoms with E-state index in [-0.39, 0.29) is 12.1 Å². The monoisotopic (exact) mass is 306 g/mol. The molecule has 0 amide bonds. The summed E-state index contributed by atoms with van der Waals surface area (Å²) in [6, 6.07) is 2.35. The largest absolute Gasteiger partial charge is 0.305 e. The summed E-state index contributed by atoms with van der Waals surface area (Å²) >= 11 is 6.43. The molecule has 1 unspecified atom stereocenters. The van der Waals surface area contributed by atoms with Gasteiger partial charge in [0.1, 0.15) is 0 Å². The topological polar surface area (TPSA) is 42.7 Å². The molecule has 2 aromatic heterocycles. The maximum Gasteiger partial charge on any atom is 0.0837 e. The number of halogens is 1. The average Bonchev–Trinajstić information content (AvgIpc) is 2.83. The maximum atomic E-state index is 6.43. The lowest BCUT2D eigenvalue weighted by Crippen LogP contribution is -2.27. The van der Waals surface area contributed by atoms with Gasteiger partial charge in [0.05, 0.1) is 23.0 Å². The zero-order chi connectivity index (χ0) is 15.4. The van der Waals surface area contributed by atoms with Crippen LogP contribution in [0.25, 0.3) is 0 Å². The van der Waals surface area contributed by atoms with E-state index in [1.54, 1.807) is 6.20 Å². The van der Waals surface area contributed by atoms with E-state index in [2.05, 4.69) is 49.2 Å². The van der Waals surface area contributed by atoms with Crippen molar-refractivity contribution in [1.82, 2.24) is 20.1 Å². The Bertz CT molecular complexity index is 592. The lowest BCUT2D eigenvalue weighted by atomic mass is 10.00. The normalized spacial score (nSPS) is 12.9. The van der Waals surface area contributed by atoms with Crippen molar-refractivity contribution in [3.63, 3.8) is 0 Å². The number of hydrogen-bond acceptors (Lipinski definition) is 3. The lowest BCUT2D eigenvalue weighted by Gasteiger charge is -2.23. The zero-order valence-corrected chi connectivity index (χ0v) is 13.9. The van der Waals surface area contributed by atoms with Gasteiger partial charge in [-0.2, -0.15) is 5.10 Å². The van der Waals surface area contributed by atoms with Gasteiger partial charge in [0.15, 0.2) is 0 Å². The van der Waals surface area contributed by atoms with Gasteiger partial charge in [-0.05, 0) is 50.9 Å². The molecule has 2 rings (SSSR count). The molecule has 0 aliphatic heterocycles. The van der Waals surface area contributed by atoms with Crippen LogP contribution in [0.15, 0.2) is 24.7 Å². The highest BCUT2D eigenvalue weighted by Crippen LogP contribution is 2.31. The summed E-state index contributed by atoms with van der Waals surface area (Å²) in [4.78, 5) is 4.19. The van der Waals surface area contributed by atoms with Crippen LogP contribution in [0.5, 0.6) is 0 Å². The van der Waals surface area contributed by atoms with Crippen LogP contribution in [-0.4, -0.2) is 21.3 Å². The van der Waals surface area contributed by atoms with Gasteiger partial charge in [0.2, 0.25) is 0 Å². The number of aryl methyl sites for hydroxylation is 1. The quantitative estimate of drug-likeness (QED) is 0.880. The van der Waals surface area contributed by atoms with Crippen LogP contribution in [0.1, 0.15) is 56.1 Å². The minimum Gasteiger partial charge on any atom is -0.305 e. The van der Waals surface area contributed by atoms with Crippen LogP contribution in [-0.2, 0) is 0 Å². The fourth-order valence-corrected chi connectivity index (χ4v) is 2.72. The molecule has 1 N–H and O–H groups in total. The molecule has 2 heterocycles. The van der Waals surface area contributed by atoms with Crippen molar-refractivity contribution < 1.29 is 0 Å². The van der Waals surface area contributed by atoms with Gasteiger partial charge < -0.3 is 5.32 Å². The van der Waals surface area contributed by atoms with Crippen LogP contribution >= 0.6 is 11.6 Å². The molecule has 0 saturated carbocycles. The predicted octanol–water partition coefficient (Wildman–Crippen LogP) is 3.91. The van der Waals surface area contributed by atoms with Crippen LogP contribution < -0.4 is 5.32 Å². The first-order valence-electron chi connectivity index (χ1n) is 7.43. The van der Waals surface area contributed by atoms with Crippen molar-refractivity contribution in [1.29, 1.82) is 0 Å². The van der Waals surface area contributed by atoms with Gasteiger partial charge >= 0.3 is 0 Å². The van der Waals surface area contributed by atoms with Gasteiger partial charge in [0, 0.05) is 18.4 Å². The first kappa shape index (κ1) is 16.0. The Labute approximate surface area is 131 Å². The van der Waals surface area contributed by atoms with Crippen LogP contribution in [0.2, 0.25) is 5.02 Å². The molecule has 21 heavy (non-hydrogen) atoms. The average molecular weight is 307 g/mol. The molecule has 0 aromatic carbocycles. The zero-order valence-electron chi connectivity index (χ0n) is 13.1. The minimum atomic E-state index is 0.0327. The van der Waals surface area contributed by atoms with E-state index >= 15 is 0 Å². The minimum absolute atomic E-state index is 0.0327. The smallest absolute Gasteiger partial charge is 0.0837 e. The highest BCUT2D eigenvalue weighted by atomic mass is 35.5. The summed E-state index contributed by atoms with van der Waals surface area (Å²) in [6.45, 7) is 9.38. The first-order chi connectivity index (χ1) is 10.1. The summed E-state index contributed by atoms with van der Waals surface area (Å²) in [5.74, 6) is 0. The lowest BCUT2D eigenvalue weighted by molar-refractivity contribution is 0.471. The third kappa shape index (κ3) is 3.44. The molecule has 0 radical (unpaired) electrons. The summed E-state index contributed by atoms with van der Waals surface area (Å²) in [6.07, 6.45) is 6.51. The predicted molar refractivity (Wildman–Crippen MR) is 86.7 cm³/mol. The summed E-state index contributed by atoms with van der Waals surface area (Å²) in [5, 5.41) is 8.72. The fraction of sp³-hybridized carbons (Fsp3) is 0.500. The molecule has 0 aliphatic rings. The van der Waals surface area contributed by atoms with Crippen molar-refractivity contribution in [2.45, 2.75) is 46.2 Å². The SMILES string of the molecule is CCCNC(c1ccncc1C)c1c(Cl)cnn1C(C)C. The molecule has 2 aromatic rings. The van der Waals surface area contributed by atoms with Crippen molar-refractivity contribution in [2.75, 3.05) is 6.54 Å². The Morgan fingerprint density at radius 3 is 2.71 bits per heavy atom. The number of rotatable bonds is 6. The first-order valence-corrected chi connectivity index (χ1v) is 7.80. The number of aromatic nitrogens is 3. The maximum absolute atomic E-state index is 6.43. The van der Waals surface area contributed by atoms with Crippen LogP contribution in [0.4, 0.5) is 0 Å². The Hall–Kier alpha value is -1.39. The van der Waals surface area contributed by atoms with Gasteiger partial charge in [-0.25, -0.2) is 0 Å². The van der Waals surface area contributed by atoms with E-state index < -0.39 is 0 Å². The molecule has 5 heteroatoms. The van der Waals surface area contributed by atoms with E-state index in [9.17, 15) is 0 Å². The summed E-state index contributed by atoms with van der Waals surface area (Å²) < 4.78 is 2.00. The van der Waals surface area contributed by atoms with Gasteiger partial charge in [-0.3, -0.25) is 9.67 Å². The Morgan fingerprint density at radius 1 is 1.33 bits per heavy atom. The molecule has 1 atom stereocenters. The molecule has 0 saturated heterocycles. The second-order valence-electron chi connectivity index (χ2n) is 5.54. The number of pyridine rings is 1. The number of nitrogens with one attached hydrogen (secondary N) is 1. The summed E-state index contributed by atoms with van der Waals surface area (Å²) in [7, 11) is 0. The van der Waals surface area contributed by atoms with Gasteiger partial charge in [-0.1, -0.05) is 18.5 Å². The standard InChI is InChI=1S/C16H23ClN4/c1-5-7-19-15(13-6-8-18-9-12(13)4)16-14(17)10-20-21(16)11(2)3/h6,8-11,15,19H,5,7H2,1-4H3. The highest BCUT2D eigenvalue weighted by molar-refractivity contribution is 6.31. The van der Waals surface area contributed by atoms with Crippen LogP contribution in [0.3, 0.4) is 0 Å². The van der Waals surface area contributed by atoms with Crippen molar-refractivity contribution in [3.05, 3.63) is 46.5 Å². The Balaban J connectivity index is 2.51. The molecule has 114 valence electrons. The molecule has 4 nitrogen and oxygen atoms in total. The van der Waals surface area contributed by atoms with Crippen molar-refractivity contribution in [3.8, 4) is 0 Å². The highest BCUT2D eigenvalue weighted by Gasteiger charge is 2.24. The molecular formula is C16H23ClN4. The van der Waals surface area contributed by atoms with Crippen molar-refractivity contribution >= 4 is 11.6 Å². The Morgan fingerprint density at radius 2 is 2.10 bits per heavy atom. The molecule has 0 spiro atoms. The number of nitrogens with zero attached hydrogens (tertiary/aromatic N) is 3. The van der Waals surface area contributed by atoms with Gasteiger partial charge in [0.25, 0.3) is 0 Å². The van der Waals surface area contributed by atoms with Gasteiger partial charge in [-0.15, -0.1) is 0 Å². The molecule has 0 aliphatic carbocycles. The van der Waals surface area contributed by atoms with E-state index in [0.717, 1.165) is 24.2 Å². The van der Waals surface area contributed by atoms with E-state index in [4.69, 9.17) is 11.6 Å². The second kappa shape index (κ2) is 7.05. The second-order valence-corrected chi connectivity index (χ2v) is 5.94. The third-order valence-corrected chi connectivity index (χ3v) is 3.81. The third-order valence-electron chi connectivity index (χ3n) is 3.52. The van der Waals surface area contributed by atoms with Crippen molar-refractivity contribution in [2.24, 2.45) is 0 Å². The summed E-state index contributed by atoms with van der Waals surface area (Å²) in [5.41, 5.74) is 3.37. The molecule has 0 bridgehead atoms. The van der Waals surface area contributed by atoms with E-state index in [1.165, 1.54) is 5.56 Å². The van der Waals surface area contributed by atoms with Crippen LogP contribution in [0, 0.1) is 6.92 Å². The molecule has 0 fully saturated rings. The fourth-order valence-electron chi connectivity index (χ4n) is 2.48. The number of hydrogen-bond donors (Lipinski definition) is 1. The van der Waals surface area contributed by atoms with E-state index in [0.29, 0.717) is 5.02 Å². The molecular weight excluding hydrogens is 284 g/mol.